The lowest BCUT2D eigenvalue weighted by Gasteiger charge is -2.20. The number of halogens is 1. The molecule has 1 unspecified atom stereocenters. The molecule has 1 amide bonds. The van der Waals surface area contributed by atoms with E-state index >= 15 is 0 Å². The Hall–Kier alpha value is -3.20. The van der Waals surface area contributed by atoms with Gasteiger partial charge in [0.1, 0.15) is 17.7 Å². The lowest BCUT2D eigenvalue weighted by atomic mass is 10.0. The van der Waals surface area contributed by atoms with Gasteiger partial charge in [-0.15, -0.1) is 0 Å². The molecule has 30 heavy (non-hydrogen) atoms. The highest BCUT2D eigenvalue weighted by Crippen LogP contribution is 2.24. The van der Waals surface area contributed by atoms with Gasteiger partial charge in [-0.25, -0.2) is 17.8 Å². The van der Waals surface area contributed by atoms with Gasteiger partial charge in [-0.3, -0.25) is 9.52 Å². The van der Waals surface area contributed by atoms with E-state index < -0.39 is 27.8 Å². The number of benzene rings is 2. The highest BCUT2D eigenvalue weighted by Gasteiger charge is 2.24. The molecular formula is C21H23FN4O3S. The van der Waals surface area contributed by atoms with Gasteiger partial charge >= 0.3 is 0 Å². The van der Waals surface area contributed by atoms with E-state index in [0.717, 1.165) is 0 Å². The summed E-state index contributed by atoms with van der Waals surface area (Å²) in [6.07, 6.45) is 3.75. The number of imidazole rings is 1. The first kappa shape index (κ1) is 21.5. The zero-order valence-corrected chi connectivity index (χ0v) is 17.5. The molecule has 0 saturated heterocycles. The molecule has 3 rings (SSSR count). The summed E-state index contributed by atoms with van der Waals surface area (Å²) in [6, 6.07) is 11.5. The van der Waals surface area contributed by atoms with Crippen molar-refractivity contribution in [2.75, 3.05) is 10.5 Å². The molecule has 1 aromatic heterocycles. The first-order valence-corrected chi connectivity index (χ1v) is 11.1. The van der Waals surface area contributed by atoms with Crippen molar-refractivity contribution in [1.82, 2.24) is 14.9 Å². The molecule has 1 heterocycles. The Labute approximate surface area is 175 Å². The maximum atomic E-state index is 14.5. The van der Waals surface area contributed by atoms with Crippen LogP contribution in [-0.4, -0.2) is 29.6 Å². The van der Waals surface area contributed by atoms with Crippen molar-refractivity contribution < 1.29 is 17.6 Å². The average Bonchev–Trinajstić information content (AvgIpc) is 3.12. The van der Waals surface area contributed by atoms with Gasteiger partial charge in [-0.1, -0.05) is 31.2 Å². The van der Waals surface area contributed by atoms with Crippen molar-refractivity contribution in [2.45, 2.75) is 19.4 Å². The summed E-state index contributed by atoms with van der Waals surface area (Å²) in [7, 11) is -1.73. The SMILES string of the molecule is CCCS(=O)(=O)Nc1cccc(C(=O)NC(c2ccccc2F)c2nccn2C)c1. The standard InChI is InChI=1S/C21H23FN4O3S/c1-3-13-30(28,29)25-16-8-6-7-15(14-16)21(27)24-19(20-23-11-12-26(20)2)17-9-4-5-10-18(17)22/h4-12,14,19,25H,3,13H2,1-2H3,(H,24,27). The van der Waals surface area contributed by atoms with Gasteiger partial charge in [0.2, 0.25) is 10.0 Å². The Kier molecular flexibility index (Phi) is 6.51. The average molecular weight is 431 g/mol. The molecule has 0 aliphatic heterocycles. The molecule has 2 N–H and O–H groups in total. The molecule has 3 aromatic rings. The number of nitrogens with zero attached hydrogens (tertiary/aromatic N) is 2. The number of carbonyl (C=O) groups excluding carboxylic acids is 1. The van der Waals surface area contributed by atoms with Crippen LogP contribution in [0.2, 0.25) is 0 Å². The number of hydrogen-bond donors (Lipinski definition) is 2. The number of anilines is 1. The number of sulfonamides is 1. The number of amides is 1. The fourth-order valence-electron chi connectivity index (χ4n) is 3.08. The van der Waals surface area contributed by atoms with Crippen molar-refractivity contribution in [2.24, 2.45) is 7.05 Å². The Balaban J connectivity index is 1.89. The summed E-state index contributed by atoms with van der Waals surface area (Å²) >= 11 is 0. The Morgan fingerprint density at radius 2 is 1.97 bits per heavy atom. The minimum atomic E-state index is -3.48. The van der Waals surface area contributed by atoms with Crippen molar-refractivity contribution in [1.29, 1.82) is 0 Å². The number of aryl methyl sites for hydroxylation is 1. The monoisotopic (exact) mass is 430 g/mol. The van der Waals surface area contributed by atoms with E-state index in [-0.39, 0.29) is 22.6 Å². The third-order valence-electron chi connectivity index (χ3n) is 4.48. The van der Waals surface area contributed by atoms with Crippen LogP contribution in [0.15, 0.2) is 60.9 Å². The maximum Gasteiger partial charge on any atom is 0.252 e. The van der Waals surface area contributed by atoms with Crippen LogP contribution in [0.5, 0.6) is 0 Å². The molecule has 0 fully saturated rings. The molecule has 0 radical (unpaired) electrons. The molecule has 7 nitrogen and oxygen atoms in total. The molecule has 1 atom stereocenters. The predicted octanol–water partition coefficient (Wildman–Crippen LogP) is 3.23. The van der Waals surface area contributed by atoms with Crippen molar-refractivity contribution in [3.05, 3.63) is 83.7 Å². The predicted molar refractivity (Wildman–Crippen MR) is 113 cm³/mol. The minimum Gasteiger partial charge on any atom is -0.338 e. The Morgan fingerprint density at radius 1 is 1.20 bits per heavy atom. The van der Waals surface area contributed by atoms with Gasteiger partial charge in [0, 0.05) is 36.3 Å². The van der Waals surface area contributed by atoms with Crippen LogP contribution < -0.4 is 10.0 Å². The second-order valence-corrected chi connectivity index (χ2v) is 8.67. The Morgan fingerprint density at radius 3 is 2.63 bits per heavy atom. The topological polar surface area (TPSA) is 93.1 Å². The Bertz CT molecular complexity index is 1140. The van der Waals surface area contributed by atoms with Gasteiger partial charge in [0.15, 0.2) is 0 Å². The lowest BCUT2D eigenvalue weighted by molar-refractivity contribution is 0.0940. The molecule has 0 saturated carbocycles. The van der Waals surface area contributed by atoms with Crippen LogP contribution in [0.1, 0.15) is 41.1 Å². The summed E-state index contributed by atoms with van der Waals surface area (Å²) in [4.78, 5) is 17.2. The number of hydrogen-bond acceptors (Lipinski definition) is 4. The first-order valence-electron chi connectivity index (χ1n) is 9.44. The van der Waals surface area contributed by atoms with E-state index in [1.54, 1.807) is 67.3 Å². The summed E-state index contributed by atoms with van der Waals surface area (Å²) in [6.45, 7) is 1.77. The largest absolute Gasteiger partial charge is 0.338 e. The molecule has 158 valence electrons. The van der Waals surface area contributed by atoms with Crippen molar-refractivity contribution in [3.8, 4) is 0 Å². The van der Waals surface area contributed by atoms with Crippen LogP contribution in [0.3, 0.4) is 0 Å². The number of rotatable bonds is 8. The molecule has 9 heteroatoms. The van der Waals surface area contributed by atoms with Crippen LogP contribution in [0, 0.1) is 5.82 Å². The van der Waals surface area contributed by atoms with Gasteiger partial charge in [-0.2, -0.15) is 0 Å². The van der Waals surface area contributed by atoms with Crippen LogP contribution in [0.4, 0.5) is 10.1 Å². The van der Waals surface area contributed by atoms with Gasteiger partial charge in [0.25, 0.3) is 5.91 Å². The third kappa shape index (κ3) is 5.04. The highest BCUT2D eigenvalue weighted by molar-refractivity contribution is 7.92. The van der Waals surface area contributed by atoms with Gasteiger partial charge in [0.05, 0.1) is 5.75 Å². The van der Waals surface area contributed by atoms with Crippen molar-refractivity contribution in [3.63, 3.8) is 0 Å². The number of nitrogens with one attached hydrogen (secondary N) is 2. The minimum absolute atomic E-state index is 0.0159. The zero-order chi connectivity index (χ0) is 21.7. The second kappa shape index (κ2) is 9.08. The van der Waals surface area contributed by atoms with Gasteiger partial charge < -0.3 is 9.88 Å². The van der Waals surface area contributed by atoms with Crippen molar-refractivity contribution >= 4 is 21.6 Å². The molecular weight excluding hydrogens is 407 g/mol. The lowest BCUT2D eigenvalue weighted by Crippen LogP contribution is -2.31. The number of carbonyl (C=O) groups is 1. The number of aromatic nitrogens is 2. The van der Waals surface area contributed by atoms with E-state index in [9.17, 15) is 17.6 Å². The fourth-order valence-corrected chi connectivity index (χ4v) is 4.21. The summed E-state index contributed by atoms with van der Waals surface area (Å²) in [5, 5.41) is 2.81. The normalized spacial score (nSPS) is 12.4. The molecule has 0 spiro atoms. The molecule has 0 aliphatic carbocycles. The molecule has 0 aliphatic rings. The van der Waals surface area contributed by atoms with Gasteiger partial charge in [-0.05, 0) is 30.7 Å². The van der Waals surface area contributed by atoms with Crippen LogP contribution >= 0.6 is 0 Å². The quantitative estimate of drug-likeness (QED) is 0.574. The fraction of sp³-hybridized carbons (Fsp3) is 0.238. The van der Waals surface area contributed by atoms with Crippen LogP contribution in [-0.2, 0) is 17.1 Å². The summed E-state index contributed by atoms with van der Waals surface area (Å²) < 4.78 is 42.7. The summed E-state index contributed by atoms with van der Waals surface area (Å²) in [5.41, 5.74) is 0.803. The second-order valence-electron chi connectivity index (χ2n) is 6.83. The maximum absolute atomic E-state index is 14.5. The molecule has 0 bridgehead atoms. The molecule has 2 aromatic carbocycles. The van der Waals surface area contributed by atoms with E-state index in [1.165, 1.54) is 12.1 Å². The first-order chi connectivity index (χ1) is 14.3. The van der Waals surface area contributed by atoms with E-state index in [2.05, 4.69) is 15.0 Å². The van der Waals surface area contributed by atoms with E-state index in [4.69, 9.17) is 0 Å². The van der Waals surface area contributed by atoms with E-state index in [1.807, 2.05) is 0 Å². The zero-order valence-electron chi connectivity index (χ0n) is 16.7. The smallest absolute Gasteiger partial charge is 0.252 e. The summed E-state index contributed by atoms with van der Waals surface area (Å²) in [5.74, 6) is -0.499. The van der Waals surface area contributed by atoms with E-state index in [0.29, 0.717) is 12.2 Å². The third-order valence-corrected chi connectivity index (χ3v) is 5.97. The highest BCUT2D eigenvalue weighted by atomic mass is 32.2. The van der Waals surface area contributed by atoms with Crippen LogP contribution in [0.25, 0.3) is 0 Å².